The van der Waals surface area contributed by atoms with Gasteiger partial charge in [-0.05, 0) is 55.6 Å². The number of nitrogens with zero attached hydrogens (tertiary/aromatic N) is 1. The average Bonchev–Trinajstić information content (AvgIpc) is 2.98. The van der Waals surface area contributed by atoms with Gasteiger partial charge in [-0.15, -0.1) is 0 Å². The largest absolute Gasteiger partial charge is 0.454 e. The summed E-state index contributed by atoms with van der Waals surface area (Å²) in [5.74, 6) is 3.17. The molecule has 6 heteroatoms. The molecule has 3 rings (SSSR count). The van der Waals surface area contributed by atoms with Gasteiger partial charge in [-0.1, -0.05) is 13.8 Å². The molecule has 0 unspecified atom stereocenters. The van der Waals surface area contributed by atoms with E-state index in [9.17, 15) is 0 Å². The molecule has 2 heterocycles. The van der Waals surface area contributed by atoms with E-state index in [0.717, 1.165) is 48.5 Å². The molecule has 2 aliphatic rings. The van der Waals surface area contributed by atoms with E-state index in [-0.39, 0.29) is 6.79 Å². The minimum Gasteiger partial charge on any atom is -0.454 e. The normalized spacial score (nSPS) is 23.1. The third kappa shape index (κ3) is 4.74. The summed E-state index contributed by atoms with van der Waals surface area (Å²) < 4.78 is 10.7. The van der Waals surface area contributed by atoms with Crippen molar-refractivity contribution in [1.82, 2.24) is 10.2 Å². The van der Waals surface area contributed by atoms with E-state index in [1.54, 1.807) is 0 Å². The first kappa shape index (κ1) is 17.3. The summed E-state index contributed by atoms with van der Waals surface area (Å²) >= 11 is 5.36. The van der Waals surface area contributed by atoms with Crippen LogP contribution in [0.4, 0.5) is 5.69 Å². The van der Waals surface area contributed by atoms with Crippen LogP contribution < -0.4 is 20.1 Å². The maximum Gasteiger partial charge on any atom is 0.231 e. The summed E-state index contributed by atoms with van der Waals surface area (Å²) in [5, 5.41) is 7.13. The van der Waals surface area contributed by atoms with Gasteiger partial charge in [0.15, 0.2) is 16.6 Å². The van der Waals surface area contributed by atoms with Crippen LogP contribution in [-0.4, -0.2) is 43.0 Å². The topological polar surface area (TPSA) is 45.8 Å². The molecule has 0 bridgehead atoms. The van der Waals surface area contributed by atoms with Gasteiger partial charge in [-0.25, -0.2) is 0 Å². The Labute approximate surface area is 149 Å². The molecule has 0 aliphatic carbocycles. The molecule has 132 valence electrons. The number of fused-ring (bicyclic) bond motifs is 1. The van der Waals surface area contributed by atoms with Gasteiger partial charge in [0.2, 0.25) is 6.79 Å². The summed E-state index contributed by atoms with van der Waals surface area (Å²) in [6.07, 6.45) is 2.46. The van der Waals surface area contributed by atoms with Gasteiger partial charge in [-0.3, -0.25) is 0 Å². The number of benzene rings is 1. The van der Waals surface area contributed by atoms with Crippen LogP contribution in [0.25, 0.3) is 0 Å². The van der Waals surface area contributed by atoms with Crippen molar-refractivity contribution in [3.8, 4) is 11.5 Å². The van der Waals surface area contributed by atoms with Crippen LogP contribution in [0.3, 0.4) is 0 Å². The monoisotopic (exact) mass is 349 g/mol. The Balaban J connectivity index is 1.35. The molecule has 1 saturated heterocycles. The highest BCUT2D eigenvalue weighted by molar-refractivity contribution is 7.80. The van der Waals surface area contributed by atoms with Crippen LogP contribution in [0.2, 0.25) is 0 Å². The molecule has 0 amide bonds. The molecule has 2 aliphatic heterocycles. The van der Waals surface area contributed by atoms with Gasteiger partial charge in [0, 0.05) is 31.4 Å². The molecule has 2 atom stereocenters. The van der Waals surface area contributed by atoms with Crippen LogP contribution >= 0.6 is 12.2 Å². The number of likely N-dealkylation sites (tertiary alicyclic amines) is 1. The standard InChI is InChI=1S/C18H27N3O2S/c1-13-8-14(2)11-21(10-13)7-3-6-19-18(24)20-15-4-5-16-17(9-15)23-12-22-16/h4-5,9,13-14H,3,6-8,10-12H2,1-2H3,(H2,19,20,24)/t13-,14+. The van der Waals surface area contributed by atoms with E-state index < -0.39 is 0 Å². The Kier molecular flexibility index (Phi) is 5.79. The van der Waals surface area contributed by atoms with E-state index in [1.807, 2.05) is 18.2 Å². The van der Waals surface area contributed by atoms with E-state index >= 15 is 0 Å². The van der Waals surface area contributed by atoms with Gasteiger partial charge < -0.3 is 25.0 Å². The Morgan fingerprint density at radius 2 is 1.96 bits per heavy atom. The number of ether oxygens (including phenoxy) is 2. The molecular formula is C18H27N3O2S. The fraction of sp³-hybridized carbons (Fsp3) is 0.611. The average molecular weight is 350 g/mol. The van der Waals surface area contributed by atoms with Crippen molar-refractivity contribution in [3.63, 3.8) is 0 Å². The van der Waals surface area contributed by atoms with Crippen LogP contribution in [-0.2, 0) is 0 Å². The highest BCUT2D eigenvalue weighted by Gasteiger charge is 2.21. The number of hydrogen-bond acceptors (Lipinski definition) is 4. The second-order valence-electron chi connectivity index (χ2n) is 7.01. The van der Waals surface area contributed by atoms with Gasteiger partial charge in [0.1, 0.15) is 0 Å². The number of thiocarbonyl (C=S) groups is 1. The second kappa shape index (κ2) is 8.03. The van der Waals surface area contributed by atoms with Crippen LogP contribution in [0, 0.1) is 11.8 Å². The van der Waals surface area contributed by atoms with Gasteiger partial charge >= 0.3 is 0 Å². The number of nitrogens with one attached hydrogen (secondary N) is 2. The first-order valence-electron chi connectivity index (χ1n) is 8.77. The molecule has 0 radical (unpaired) electrons. The molecule has 24 heavy (non-hydrogen) atoms. The number of hydrogen-bond donors (Lipinski definition) is 2. The van der Waals surface area contributed by atoms with E-state index in [0.29, 0.717) is 5.11 Å². The molecule has 2 N–H and O–H groups in total. The summed E-state index contributed by atoms with van der Waals surface area (Å²) in [4.78, 5) is 2.58. The fourth-order valence-corrected chi connectivity index (χ4v) is 3.85. The SMILES string of the molecule is C[C@@H]1C[C@H](C)CN(CCCNC(=S)Nc2ccc3c(c2)OCO3)C1. The smallest absolute Gasteiger partial charge is 0.231 e. The lowest BCUT2D eigenvalue weighted by atomic mass is 9.92. The lowest BCUT2D eigenvalue weighted by molar-refractivity contribution is 0.140. The lowest BCUT2D eigenvalue weighted by Gasteiger charge is -2.34. The molecule has 5 nitrogen and oxygen atoms in total. The summed E-state index contributed by atoms with van der Waals surface area (Å²) in [7, 11) is 0. The maximum atomic E-state index is 5.37. The van der Waals surface area contributed by atoms with E-state index in [1.165, 1.54) is 19.5 Å². The quantitative estimate of drug-likeness (QED) is 0.629. The van der Waals surface area contributed by atoms with Crippen molar-refractivity contribution in [2.45, 2.75) is 26.7 Å². The zero-order valence-corrected chi connectivity index (χ0v) is 15.3. The van der Waals surface area contributed by atoms with E-state index in [2.05, 4.69) is 29.4 Å². The Bertz CT molecular complexity index is 571. The van der Waals surface area contributed by atoms with Crippen molar-refractivity contribution in [3.05, 3.63) is 18.2 Å². The fourth-order valence-electron chi connectivity index (χ4n) is 3.63. The summed E-state index contributed by atoms with van der Waals surface area (Å²) in [6, 6.07) is 5.75. The number of rotatable bonds is 5. The second-order valence-corrected chi connectivity index (χ2v) is 7.42. The first-order chi connectivity index (χ1) is 11.6. The minimum atomic E-state index is 0.287. The first-order valence-corrected chi connectivity index (χ1v) is 9.18. The van der Waals surface area contributed by atoms with Crippen molar-refractivity contribution in [1.29, 1.82) is 0 Å². The number of piperidine rings is 1. The zero-order chi connectivity index (χ0) is 16.9. The van der Waals surface area contributed by atoms with Gasteiger partial charge in [0.05, 0.1) is 0 Å². The third-order valence-corrected chi connectivity index (χ3v) is 4.76. The van der Waals surface area contributed by atoms with Gasteiger partial charge in [-0.2, -0.15) is 0 Å². The zero-order valence-electron chi connectivity index (χ0n) is 14.5. The Hall–Kier alpha value is -1.53. The molecular weight excluding hydrogens is 322 g/mol. The molecule has 1 fully saturated rings. The lowest BCUT2D eigenvalue weighted by Crippen LogP contribution is -2.40. The van der Waals surface area contributed by atoms with Crippen LogP contribution in [0.1, 0.15) is 26.7 Å². The van der Waals surface area contributed by atoms with Crippen molar-refractivity contribution in [2.24, 2.45) is 11.8 Å². The maximum absolute atomic E-state index is 5.37. The third-order valence-electron chi connectivity index (χ3n) is 4.51. The van der Waals surface area contributed by atoms with Crippen molar-refractivity contribution >= 4 is 23.0 Å². The molecule has 1 aromatic rings. The molecule has 0 spiro atoms. The van der Waals surface area contributed by atoms with Crippen molar-refractivity contribution < 1.29 is 9.47 Å². The molecule has 0 aromatic heterocycles. The highest BCUT2D eigenvalue weighted by atomic mass is 32.1. The Morgan fingerprint density at radius 1 is 1.21 bits per heavy atom. The minimum absolute atomic E-state index is 0.287. The molecule has 1 aromatic carbocycles. The van der Waals surface area contributed by atoms with Crippen LogP contribution in [0.15, 0.2) is 18.2 Å². The van der Waals surface area contributed by atoms with E-state index in [4.69, 9.17) is 21.7 Å². The van der Waals surface area contributed by atoms with Gasteiger partial charge in [0.25, 0.3) is 0 Å². The Morgan fingerprint density at radius 3 is 2.75 bits per heavy atom. The van der Waals surface area contributed by atoms with Crippen LogP contribution in [0.5, 0.6) is 11.5 Å². The summed E-state index contributed by atoms with van der Waals surface area (Å²) in [6.45, 7) is 9.46. The van der Waals surface area contributed by atoms with Crippen molar-refractivity contribution in [2.75, 3.05) is 38.3 Å². The highest BCUT2D eigenvalue weighted by Crippen LogP contribution is 2.34. The predicted octanol–water partition coefficient (Wildman–Crippen LogP) is 3.07. The number of anilines is 1. The predicted molar refractivity (Wildman–Crippen MR) is 101 cm³/mol. The summed E-state index contributed by atoms with van der Waals surface area (Å²) in [5.41, 5.74) is 0.912. The molecule has 0 saturated carbocycles.